The van der Waals surface area contributed by atoms with Crippen LogP contribution in [0.25, 0.3) is 0 Å². The van der Waals surface area contributed by atoms with Gasteiger partial charge in [0.15, 0.2) is 0 Å². The summed E-state index contributed by atoms with van der Waals surface area (Å²) in [5.74, 6) is 0.173. The average molecular weight is 301 g/mol. The van der Waals surface area contributed by atoms with Crippen LogP contribution in [0.15, 0.2) is 6.20 Å². The molecule has 2 aromatic heterocycles. The Morgan fingerprint density at radius 3 is 2.77 bits per heavy atom. The van der Waals surface area contributed by atoms with E-state index in [9.17, 15) is 4.79 Å². The number of nitrogens with one attached hydrogen (secondary N) is 2. The van der Waals surface area contributed by atoms with E-state index in [1.165, 1.54) is 0 Å². The van der Waals surface area contributed by atoms with E-state index in [0.29, 0.717) is 6.42 Å². The van der Waals surface area contributed by atoms with Crippen molar-refractivity contribution in [2.75, 3.05) is 6.54 Å². The fourth-order valence-corrected chi connectivity index (χ4v) is 3.31. The second-order valence-corrected chi connectivity index (χ2v) is 6.15. The quantitative estimate of drug-likeness (QED) is 0.913. The third kappa shape index (κ3) is 2.65. The third-order valence-electron chi connectivity index (χ3n) is 4.63. The fourth-order valence-electron chi connectivity index (χ4n) is 3.31. The summed E-state index contributed by atoms with van der Waals surface area (Å²) in [6.45, 7) is 6.77. The molecule has 3 heterocycles. The first-order valence-corrected chi connectivity index (χ1v) is 7.87. The van der Waals surface area contributed by atoms with Gasteiger partial charge in [-0.15, -0.1) is 0 Å². The van der Waals surface area contributed by atoms with Gasteiger partial charge < -0.3 is 4.90 Å². The van der Waals surface area contributed by atoms with Crippen LogP contribution in [-0.4, -0.2) is 37.7 Å². The Labute approximate surface area is 130 Å². The summed E-state index contributed by atoms with van der Waals surface area (Å²) in [6.07, 6.45) is 5.46. The Kier molecular flexibility index (Phi) is 4.00. The lowest BCUT2D eigenvalue weighted by atomic mass is 9.96. The van der Waals surface area contributed by atoms with Gasteiger partial charge in [0.25, 0.3) is 0 Å². The van der Waals surface area contributed by atoms with E-state index in [4.69, 9.17) is 0 Å². The number of nitrogens with zero attached hydrogens (tertiary/aromatic N) is 3. The monoisotopic (exact) mass is 301 g/mol. The predicted octanol–water partition coefficient (Wildman–Crippen LogP) is 2.35. The number of carbonyl (C=O) groups is 1. The molecular weight excluding hydrogens is 278 g/mol. The molecule has 0 saturated carbocycles. The second kappa shape index (κ2) is 5.94. The molecule has 6 heteroatoms. The molecule has 0 aromatic carbocycles. The molecule has 1 saturated heterocycles. The zero-order valence-corrected chi connectivity index (χ0v) is 13.4. The lowest BCUT2D eigenvalue weighted by Crippen LogP contribution is -2.40. The van der Waals surface area contributed by atoms with Gasteiger partial charge in [-0.1, -0.05) is 0 Å². The van der Waals surface area contributed by atoms with E-state index < -0.39 is 0 Å². The standard InChI is InChI=1S/C16H23N5O/c1-10-9-17-20-16(10)14-6-4-5-7-21(14)15(22)8-13-11(2)18-19-12(13)3/h9,14H,4-8H2,1-3H3,(H,17,20)(H,18,19). The maximum absolute atomic E-state index is 12.8. The summed E-state index contributed by atoms with van der Waals surface area (Å²) >= 11 is 0. The van der Waals surface area contributed by atoms with Crippen molar-refractivity contribution in [1.29, 1.82) is 0 Å². The van der Waals surface area contributed by atoms with Gasteiger partial charge in [-0.2, -0.15) is 10.2 Å². The largest absolute Gasteiger partial charge is 0.334 e. The molecule has 1 aliphatic rings. The SMILES string of the molecule is Cc1cn[nH]c1C1CCCCN1C(=O)Cc1c(C)n[nH]c1C. The van der Waals surface area contributed by atoms with Gasteiger partial charge in [-0.3, -0.25) is 15.0 Å². The summed E-state index contributed by atoms with van der Waals surface area (Å²) in [7, 11) is 0. The van der Waals surface area contributed by atoms with E-state index in [0.717, 1.165) is 54.0 Å². The van der Waals surface area contributed by atoms with Crippen molar-refractivity contribution in [2.24, 2.45) is 0 Å². The lowest BCUT2D eigenvalue weighted by Gasteiger charge is -2.35. The van der Waals surface area contributed by atoms with Crippen LogP contribution in [-0.2, 0) is 11.2 Å². The molecule has 3 rings (SSSR count). The number of carbonyl (C=O) groups excluding carboxylic acids is 1. The molecule has 1 unspecified atom stereocenters. The molecule has 0 bridgehead atoms. The first kappa shape index (κ1) is 14.8. The smallest absolute Gasteiger partial charge is 0.227 e. The van der Waals surface area contributed by atoms with Gasteiger partial charge >= 0.3 is 0 Å². The van der Waals surface area contributed by atoms with E-state index >= 15 is 0 Å². The molecule has 2 aromatic rings. The van der Waals surface area contributed by atoms with Crippen LogP contribution in [0, 0.1) is 20.8 Å². The molecule has 6 nitrogen and oxygen atoms in total. The van der Waals surface area contributed by atoms with Gasteiger partial charge in [-0.05, 0) is 45.6 Å². The molecule has 118 valence electrons. The summed E-state index contributed by atoms with van der Waals surface area (Å²) in [5, 5.41) is 14.3. The fraction of sp³-hybridized carbons (Fsp3) is 0.562. The number of aryl methyl sites for hydroxylation is 3. The third-order valence-corrected chi connectivity index (χ3v) is 4.63. The average Bonchev–Trinajstić information content (AvgIpc) is 3.07. The zero-order valence-electron chi connectivity index (χ0n) is 13.4. The first-order valence-electron chi connectivity index (χ1n) is 7.87. The lowest BCUT2D eigenvalue weighted by molar-refractivity contribution is -0.134. The highest BCUT2D eigenvalue weighted by atomic mass is 16.2. The Balaban J connectivity index is 1.82. The Morgan fingerprint density at radius 1 is 1.32 bits per heavy atom. The first-order chi connectivity index (χ1) is 10.6. The molecular formula is C16H23N5O. The number of aromatic nitrogens is 4. The van der Waals surface area contributed by atoms with E-state index in [2.05, 4.69) is 20.4 Å². The van der Waals surface area contributed by atoms with Crippen LogP contribution in [0.3, 0.4) is 0 Å². The summed E-state index contributed by atoms with van der Waals surface area (Å²) in [6, 6.07) is 0.122. The highest BCUT2D eigenvalue weighted by Crippen LogP contribution is 2.32. The van der Waals surface area contributed by atoms with Crippen LogP contribution in [0.4, 0.5) is 0 Å². The van der Waals surface area contributed by atoms with Gasteiger partial charge in [0.1, 0.15) is 0 Å². The molecule has 2 N–H and O–H groups in total. The van der Waals surface area contributed by atoms with Crippen molar-refractivity contribution < 1.29 is 4.79 Å². The predicted molar refractivity (Wildman–Crippen MR) is 83.4 cm³/mol. The Hall–Kier alpha value is -2.11. The number of piperidine rings is 1. The number of aromatic amines is 2. The molecule has 0 aliphatic carbocycles. The molecule has 1 fully saturated rings. The highest BCUT2D eigenvalue weighted by molar-refractivity contribution is 5.80. The van der Waals surface area contributed by atoms with Crippen molar-refractivity contribution in [1.82, 2.24) is 25.3 Å². The number of H-pyrrole nitrogens is 2. The second-order valence-electron chi connectivity index (χ2n) is 6.15. The minimum atomic E-state index is 0.122. The number of likely N-dealkylation sites (tertiary alicyclic amines) is 1. The van der Waals surface area contributed by atoms with Gasteiger partial charge in [0.2, 0.25) is 5.91 Å². The number of amides is 1. The summed E-state index contributed by atoms with van der Waals surface area (Å²) in [5.41, 5.74) is 5.12. The summed E-state index contributed by atoms with van der Waals surface area (Å²) in [4.78, 5) is 14.8. The van der Waals surface area contributed by atoms with Crippen molar-refractivity contribution >= 4 is 5.91 Å². The van der Waals surface area contributed by atoms with Gasteiger partial charge in [-0.25, -0.2) is 0 Å². The molecule has 22 heavy (non-hydrogen) atoms. The van der Waals surface area contributed by atoms with Crippen molar-refractivity contribution in [2.45, 2.75) is 52.5 Å². The van der Waals surface area contributed by atoms with Gasteiger partial charge in [0, 0.05) is 17.8 Å². The molecule has 1 atom stereocenters. The maximum Gasteiger partial charge on any atom is 0.227 e. The molecule has 1 amide bonds. The number of hydrogen-bond donors (Lipinski definition) is 2. The summed E-state index contributed by atoms with van der Waals surface area (Å²) < 4.78 is 0. The number of hydrogen-bond acceptors (Lipinski definition) is 3. The molecule has 1 aliphatic heterocycles. The van der Waals surface area contributed by atoms with E-state index in [-0.39, 0.29) is 11.9 Å². The van der Waals surface area contributed by atoms with E-state index in [1.807, 2.05) is 31.9 Å². The van der Waals surface area contributed by atoms with Crippen LogP contribution in [0.5, 0.6) is 0 Å². The van der Waals surface area contributed by atoms with Crippen LogP contribution < -0.4 is 0 Å². The highest BCUT2D eigenvalue weighted by Gasteiger charge is 2.30. The van der Waals surface area contributed by atoms with Gasteiger partial charge in [0.05, 0.1) is 30.0 Å². The van der Waals surface area contributed by atoms with Crippen LogP contribution >= 0.6 is 0 Å². The zero-order chi connectivity index (χ0) is 15.7. The van der Waals surface area contributed by atoms with E-state index in [1.54, 1.807) is 0 Å². The van der Waals surface area contributed by atoms with Crippen molar-refractivity contribution in [3.8, 4) is 0 Å². The minimum absolute atomic E-state index is 0.122. The van der Waals surface area contributed by atoms with Crippen LogP contribution in [0.2, 0.25) is 0 Å². The van der Waals surface area contributed by atoms with Crippen molar-refractivity contribution in [3.63, 3.8) is 0 Å². The molecule has 0 radical (unpaired) electrons. The van der Waals surface area contributed by atoms with Crippen molar-refractivity contribution in [3.05, 3.63) is 34.4 Å². The topological polar surface area (TPSA) is 77.7 Å². The molecule has 0 spiro atoms. The minimum Gasteiger partial charge on any atom is -0.334 e. The Bertz CT molecular complexity index is 652. The van der Waals surface area contributed by atoms with Crippen LogP contribution in [0.1, 0.15) is 53.5 Å². The maximum atomic E-state index is 12.8. The normalized spacial score (nSPS) is 18.7. The number of rotatable bonds is 3. The Morgan fingerprint density at radius 2 is 2.14 bits per heavy atom.